The number of anilines is 3. The van der Waals surface area contributed by atoms with E-state index in [1.807, 2.05) is 116 Å². The van der Waals surface area contributed by atoms with Gasteiger partial charge < -0.3 is 59.6 Å². The number of para-hydroxylation sites is 5. The molecule has 4 aliphatic carbocycles. The number of benzene rings is 7. The van der Waals surface area contributed by atoms with Crippen molar-refractivity contribution in [3.8, 4) is 23.1 Å². The zero-order valence-corrected chi connectivity index (χ0v) is 76.3. The molecular formula is C106H118N16O9. The molecule has 2 atom stereocenters. The molecule has 5 aliphatic rings. The van der Waals surface area contributed by atoms with Gasteiger partial charge in [0, 0.05) is 137 Å². The largest absolute Gasteiger partial charge is 0.497 e. The molecule has 0 bridgehead atoms. The van der Waals surface area contributed by atoms with Gasteiger partial charge in [0.2, 0.25) is 29.1 Å². The number of carbonyl (C=O) groups excluding carboxylic acids is 3. The third kappa shape index (κ3) is 22.2. The summed E-state index contributed by atoms with van der Waals surface area (Å²) in [5.74, 6) is 4.96. The number of Topliss-reactive ketones (excluding diaryl/α,β-unsaturated/α-hetero) is 1. The van der Waals surface area contributed by atoms with Gasteiger partial charge in [-0.2, -0.15) is 10.1 Å². The zero-order chi connectivity index (χ0) is 92.6. The number of nitrogens with one attached hydrogen (secondary N) is 4. The Morgan fingerprint density at radius 3 is 2.08 bits per heavy atom. The normalized spacial score (nSPS) is 14.5. The second kappa shape index (κ2) is 41.8. The van der Waals surface area contributed by atoms with Crippen LogP contribution < -0.4 is 40.9 Å². The molecule has 131 heavy (non-hydrogen) atoms. The van der Waals surface area contributed by atoms with E-state index >= 15 is 0 Å². The Kier molecular flexibility index (Phi) is 29.4. The first-order valence-electron chi connectivity index (χ1n) is 44.3. The Bertz CT molecular complexity index is 6650. The predicted octanol–water partition coefficient (Wildman–Crippen LogP) is 19.5. The van der Waals surface area contributed by atoms with Crippen molar-refractivity contribution in [1.29, 1.82) is 0 Å². The van der Waals surface area contributed by atoms with E-state index in [2.05, 4.69) is 214 Å². The second-order valence-electron chi connectivity index (χ2n) is 34.0. The van der Waals surface area contributed by atoms with E-state index in [-0.39, 0.29) is 37.8 Å². The Morgan fingerprint density at radius 2 is 1.41 bits per heavy atom. The van der Waals surface area contributed by atoms with Crippen LogP contribution in [0.1, 0.15) is 138 Å². The van der Waals surface area contributed by atoms with Crippen LogP contribution in [0.25, 0.3) is 55.8 Å². The van der Waals surface area contributed by atoms with Gasteiger partial charge in [-0.3, -0.25) is 29.5 Å². The average molecular weight is 1760 g/mol. The van der Waals surface area contributed by atoms with Crippen molar-refractivity contribution in [1.82, 2.24) is 59.0 Å². The first-order valence-corrected chi connectivity index (χ1v) is 44.3. The highest BCUT2D eigenvalue weighted by Crippen LogP contribution is 2.70. The van der Waals surface area contributed by atoms with Crippen LogP contribution in [0.15, 0.2) is 266 Å². The van der Waals surface area contributed by atoms with Crippen molar-refractivity contribution < 1.29 is 41.3 Å². The second-order valence-corrected chi connectivity index (χ2v) is 34.0. The molecule has 676 valence electrons. The predicted molar refractivity (Wildman–Crippen MR) is 525 cm³/mol. The van der Waals surface area contributed by atoms with Crippen LogP contribution in [0.4, 0.5) is 17.6 Å². The molecule has 25 nitrogen and oxygen atoms in total. The first-order chi connectivity index (χ1) is 63.2. The Hall–Kier alpha value is -15.0. The monoisotopic (exact) mass is 1760 g/mol. The number of aromatic amines is 2. The van der Waals surface area contributed by atoms with Crippen LogP contribution in [-0.2, 0) is 35.4 Å². The van der Waals surface area contributed by atoms with E-state index in [0.717, 1.165) is 112 Å². The lowest BCUT2D eigenvalue weighted by molar-refractivity contribution is -0.116. The van der Waals surface area contributed by atoms with Crippen molar-refractivity contribution in [3.05, 3.63) is 344 Å². The van der Waals surface area contributed by atoms with E-state index < -0.39 is 11.4 Å². The molecule has 0 spiro atoms. The number of hydrogen-bond acceptors (Lipinski definition) is 18. The van der Waals surface area contributed by atoms with Crippen molar-refractivity contribution in [2.75, 3.05) is 75.6 Å². The number of primary amides is 1. The molecule has 7 aromatic carbocycles. The molecule has 7 aromatic heterocycles. The summed E-state index contributed by atoms with van der Waals surface area (Å²) in [6, 6.07) is 59.6. The number of carbonyl (C=O) groups is 4. The number of imidazole rings is 1. The highest BCUT2D eigenvalue weighted by molar-refractivity contribution is 6.00. The number of aromatic carboxylic acids is 1. The lowest BCUT2D eigenvalue weighted by atomic mass is 9.98. The number of nitrogens with two attached hydrogens (primary N) is 1. The van der Waals surface area contributed by atoms with Crippen LogP contribution in [0.5, 0.6) is 17.2 Å². The van der Waals surface area contributed by atoms with Crippen molar-refractivity contribution in [2.24, 2.45) is 17.1 Å². The zero-order valence-electron chi connectivity index (χ0n) is 76.3. The highest BCUT2D eigenvalue weighted by Gasteiger charge is 2.64. The minimum absolute atomic E-state index is 0. The number of nitrogens with zero attached hydrogens (tertiary/aromatic N) is 11. The maximum atomic E-state index is 12.5. The number of allylic oxidation sites excluding steroid dienone is 4. The summed E-state index contributed by atoms with van der Waals surface area (Å²) in [6.07, 6.45) is 19.7. The Morgan fingerprint density at radius 1 is 0.725 bits per heavy atom. The van der Waals surface area contributed by atoms with Gasteiger partial charge in [0.15, 0.2) is 11.6 Å². The summed E-state index contributed by atoms with van der Waals surface area (Å²) in [7, 11) is 3.33. The van der Waals surface area contributed by atoms with Crippen LogP contribution >= 0.6 is 0 Å². The molecule has 2 fully saturated rings. The molecular weight excluding hydrogens is 1640 g/mol. The molecule has 2 unspecified atom stereocenters. The van der Waals surface area contributed by atoms with Gasteiger partial charge in [-0.1, -0.05) is 178 Å². The number of rotatable bonds is 25. The Labute approximate surface area is 766 Å². The van der Waals surface area contributed by atoms with Gasteiger partial charge in [-0.25, -0.2) is 24.4 Å². The standard InChI is InChI=1S/C27H31N3O2.C24H25N5O4.C20H21N3.C17H17N3O2.C10H10N2O.C8H10.2H2/c1-19-23(24-11-7-8-12-25(24)28-19)15-16-30(18-21-9-5-6-10-21)20(2)29-26-17-22(31-3)13-14-27(26)32-4;1-3-27-15-19(23(32)33)21(31)18-14-25-24(26-22(18)27)29-11-9-28(10-12-29)16(2)13-20(30)17-7-5-4-6-8-17;1-11-9-17(21-15-8-6-5-7-13(11)15)23-16-10-14-19(20(14,3)4)18(16)12(2)22-23;21-16(11-6-12-22-13-7-2-1-3-8-13)20-17-18-14-9-4-5-10-15(14)19-17;1-6-4-12-5-8-2-7(10(11)13)3-9(6)8;1-7-3-5-8(2)6-4-7;;/h5-9,11-14,17,28-29H,2,10,15-16,18H2,1,3-4H3;4-8,14-15H,2-3,9-13H2,1H3,(H,32,33);5-9,14,19H,10H2,1-4H3;1-5,7-10H,6,11-12H2,(H2,18,19,20,21);3-5H,2H2,1H3,(H2,11,13);3-6H,1-2H3;2*1H. The molecule has 19 rings (SSSR count). The lowest BCUT2D eigenvalue weighted by Crippen LogP contribution is -2.46. The van der Waals surface area contributed by atoms with Gasteiger partial charge in [-0.05, 0) is 185 Å². The number of amides is 2. The first kappa shape index (κ1) is 92.2. The van der Waals surface area contributed by atoms with E-state index in [9.17, 15) is 29.1 Å². The van der Waals surface area contributed by atoms with Crippen molar-refractivity contribution >= 4 is 91.1 Å². The summed E-state index contributed by atoms with van der Waals surface area (Å²) in [5.41, 5.74) is 27.4. The summed E-state index contributed by atoms with van der Waals surface area (Å²) >= 11 is 0. The molecule has 1 saturated carbocycles. The molecule has 25 heteroatoms. The number of H-pyrrole nitrogens is 2. The van der Waals surface area contributed by atoms with Crippen molar-refractivity contribution in [2.45, 2.75) is 120 Å². The third-order valence-corrected chi connectivity index (χ3v) is 24.6. The van der Waals surface area contributed by atoms with Gasteiger partial charge in [-0.15, -0.1) is 0 Å². The minimum Gasteiger partial charge on any atom is -0.497 e. The number of pyridine rings is 3. The number of ether oxygens (including phenoxy) is 3. The molecule has 2 amide bonds. The van der Waals surface area contributed by atoms with Gasteiger partial charge in [0.1, 0.15) is 28.5 Å². The number of aromatic nitrogens is 10. The summed E-state index contributed by atoms with van der Waals surface area (Å²) < 4.78 is 20.2. The SMILES string of the molecule is C=C(CC(=O)c1ccccc1)N1CCN(c2ncc3c(=O)c(C(=O)O)cn(CC)c3n2)CC1.C=C(Nc1cc(OC)ccc1OC)N(CCc1c(C)[nH]c2ccccc12)CC1=CC=CC1.Cc1ccc(C)cc1.Cc1cncc2c1C=C(C(N)=O)C2.Cc1nn(-c2cc(C)c3ccccc3n2)c2c1C1C(C2)C1(C)C.O=C(CCCOc1ccccc1)Nc1nc2ccccc2[nH]1.[HH].[HH]. The van der Waals surface area contributed by atoms with Gasteiger partial charge in [0.25, 0.3) is 0 Å². The molecule has 0 radical (unpaired) electrons. The Balaban J connectivity index is 0.000000149. The summed E-state index contributed by atoms with van der Waals surface area (Å²) in [6.45, 7) is 33.0. The molecule has 1 aliphatic heterocycles. The highest BCUT2D eigenvalue weighted by atomic mass is 16.5. The fraction of sp³-hybridized carbons (Fsp3) is 0.274. The minimum atomic E-state index is -1.27. The number of carboxylic acid groups (broad SMARTS) is 1. The molecule has 14 aromatic rings. The number of fused-ring (bicyclic) bond motifs is 8. The third-order valence-electron chi connectivity index (χ3n) is 24.6. The van der Waals surface area contributed by atoms with Crippen LogP contribution in [0.3, 0.4) is 0 Å². The molecule has 1 saturated heterocycles. The van der Waals surface area contributed by atoms with E-state index in [1.165, 1.54) is 79.2 Å². The van der Waals surface area contributed by atoms with Crippen LogP contribution in [0, 0.1) is 52.9 Å². The van der Waals surface area contributed by atoms with E-state index in [0.29, 0.717) is 98.6 Å². The maximum Gasteiger partial charge on any atom is 0.341 e. The molecule has 7 N–H and O–H groups in total. The average Bonchev–Trinajstić information content (AvgIpc) is 1.51. The fourth-order valence-corrected chi connectivity index (χ4v) is 17.2. The summed E-state index contributed by atoms with van der Waals surface area (Å²) in [5, 5.41) is 23.1. The maximum absolute atomic E-state index is 12.5. The fourth-order valence-electron chi connectivity index (χ4n) is 17.2. The number of carboxylic acids is 1. The topological polar surface area (TPSA) is 312 Å². The van der Waals surface area contributed by atoms with Gasteiger partial charge >= 0.3 is 5.97 Å². The van der Waals surface area contributed by atoms with E-state index in [4.69, 9.17) is 30.0 Å². The molecule has 8 heterocycles. The van der Waals surface area contributed by atoms with E-state index in [1.54, 1.807) is 43.3 Å². The van der Waals surface area contributed by atoms with Crippen LogP contribution in [0.2, 0.25) is 0 Å². The smallest absolute Gasteiger partial charge is 0.341 e. The van der Waals surface area contributed by atoms with Crippen LogP contribution in [-0.4, -0.2) is 148 Å². The number of aryl methyl sites for hydroxylation is 7. The number of ketones is 1. The number of methoxy groups -OCH3 is 2. The number of piperazine rings is 1. The van der Waals surface area contributed by atoms with Crippen molar-refractivity contribution in [3.63, 3.8) is 0 Å². The lowest BCUT2D eigenvalue weighted by Gasteiger charge is -2.37. The summed E-state index contributed by atoms with van der Waals surface area (Å²) in [4.78, 5) is 94.3. The van der Waals surface area contributed by atoms with Gasteiger partial charge in [0.05, 0.1) is 72.1 Å². The number of hydrogen-bond donors (Lipinski definition) is 6. The quantitative estimate of drug-likeness (QED) is 0.0229.